The molecule has 0 aromatic carbocycles. The van der Waals surface area contributed by atoms with Gasteiger partial charge in [0.2, 0.25) is 0 Å². The van der Waals surface area contributed by atoms with E-state index in [2.05, 4.69) is 29.2 Å². The molecule has 6 heteroatoms. The van der Waals surface area contributed by atoms with E-state index in [0.29, 0.717) is 6.54 Å². The van der Waals surface area contributed by atoms with Crippen LogP contribution >= 0.6 is 11.3 Å². The number of nitrogen functional groups attached to an aromatic ring is 1. The quantitative estimate of drug-likeness (QED) is 0.852. The van der Waals surface area contributed by atoms with Crippen LogP contribution < -0.4 is 11.1 Å². The SMILES string of the molecule is CCCc1nn(C)c(NCc2ncc(CC)s2)c1N. The number of nitrogens with two attached hydrogens (primary N) is 1. The Bertz CT molecular complexity index is 543. The zero-order valence-corrected chi connectivity index (χ0v) is 12.5. The van der Waals surface area contributed by atoms with E-state index >= 15 is 0 Å². The number of rotatable bonds is 6. The van der Waals surface area contributed by atoms with Crippen molar-refractivity contribution in [2.75, 3.05) is 11.1 Å². The van der Waals surface area contributed by atoms with Gasteiger partial charge in [-0.05, 0) is 12.8 Å². The van der Waals surface area contributed by atoms with E-state index in [-0.39, 0.29) is 0 Å². The van der Waals surface area contributed by atoms with Crippen molar-refractivity contribution in [3.05, 3.63) is 21.8 Å². The van der Waals surface area contributed by atoms with Gasteiger partial charge in [0.15, 0.2) is 0 Å². The monoisotopic (exact) mass is 279 g/mol. The van der Waals surface area contributed by atoms with Crippen LogP contribution in [-0.4, -0.2) is 14.8 Å². The second-order valence-electron chi connectivity index (χ2n) is 4.51. The molecule has 0 radical (unpaired) electrons. The van der Waals surface area contributed by atoms with E-state index in [9.17, 15) is 0 Å². The molecule has 0 fully saturated rings. The summed E-state index contributed by atoms with van der Waals surface area (Å²) >= 11 is 1.74. The molecule has 0 aliphatic carbocycles. The topological polar surface area (TPSA) is 68.8 Å². The Morgan fingerprint density at radius 1 is 1.42 bits per heavy atom. The maximum Gasteiger partial charge on any atom is 0.148 e. The van der Waals surface area contributed by atoms with E-state index in [1.54, 1.807) is 11.3 Å². The maximum absolute atomic E-state index is 6.12. The zero-order valence-electron chi connectivity index (χ0n) is 11.7. The number of aromatic nitrogens is 3. The molecule has 104 valence electrons. The van der Waals surface area contributed by atoms with Gasteiger partial charge in [-0.3, -0.25) is 4.68 Å². The molecule has 0 atom stereocenters. The number of nitrogens with one attached hydrogen (secondary N) is 1. The molecule has 0 saturated heterocycles. The van der Waals surface area contributed by atoms with Crippen LogP contribution in [0.3, 0.4) is 0 Å². The summed E-state index contributed by atoms with van der Waals surface area (Å²) in [6, 6.07) is 0. The van der Waals surface area contributed by atoms with E-state index in [1.807, 2.05) is 17.9 Å². The Hall–Kier alpha value is -1.56. The Morgan fingerprint density at radius 2 is 2.21 bits per heavy atom. The number of nitrogens with zero attached hydrogens (tertiary/aromatic N) is 3. The fraction of sp³-hybridized carbons (Fsp3) is 0.538. The van der Waals surface area contributed by atoms with Crippen LogP contribution in [0.1, 0.15) is 35.8 Å². The first-order valence-corrected chi connectivity index (χ1v) is 7.46. The predicted molar refractivity (Wildman–Crippen MR) is 80.4 cm³/mol. The van der Waals surface area contributed by atoms with Gasteiger partial charge in [0.1, 0.15) is 10.8 Å². The highest BCUT2D eigenvalue weighted by Crippen LogP contribution is 2.24. The lowest BCUT2D eigenvalue weighted by atomic mass is 10.2. The van der Waals surface area contributed by atoms with Crippen molar-refractivity contribution in [1.82, 2.24) is 14.8 Å². The fourth-order valence-electron chi connectivity index (χ4n) is 1.98. The molecular formula is C13H21N5S. The summed E-state index contributed by atoms with van der Waals surface area (Å²) in [6.45, 7) is 4.96. The molecule has 2 rings (SSSR count). The Labute approximate surface area is 117 Å². The number of hydrogen-bond acceptors (Lipinski definition) is 5. The van der Waals surface area contributed by atoms with Crippen LogP contribution in [0.25, 0.3) is 0 Å². The van der Waals surface area contributed by atoms with Gasteiger partial charge in [-0.2, -0.15) is 5.10 Å². The number of thiazole rings is 1. The van der Waals surface area contributed by atoms with Gasteiger partial charge in [-0.1, -0.05) is 20.3 Å². The fourth-order valence-corrected chi connectivity index (χ4v) is 2.78. The molecule has 5 nitrogen and oxygen atoms in total. The summed E-state index contributed by atoms with van der Waals surface area (Å²) in [5.74, 6) is 0.886. The standard InChI is InChI=1S/C13H21N5S/c1-4-6-10-12(14)13(18(3)17-10)16-8-11-15-7-9(5-2)19-11/h7,16H,4-6,8,14H2,1-3H3. The Balaban J connectivity index is 2.06. The van der Waals surface area contributed by atoms with Crippen molar-refractivity contribution in [3.8, 4) is 0 Å². The maximum atomic E-state index is 6.12. The van der Waals surface area contributed by atoms with Crippen LogP contribution in [0.2, 0.25) is 0 Å². The average Bonchev–Trinajstić information content (AvgIpc) is 2.95. The molecule has 0 bridgehead atoms. The molecule has 2 aromatic rings. The summed E-state index contributed by atoms with van der Waals surface area (Å²) in [4.78, 5) is 5.70. The summed E-state index contributed by atoms with van der Waals surface area (Å²) in [5, 5.41) is 8.86. The van der Waals surface area contributed by atoms with E-state index < -0.39 is 0 Å². The first-order chi connectivity index (χ1) is 9.15. The van der Waals surface area contributed by atoms with Crippen LogP contribution in [0.5, 0.6) is 0 Å². The minimum Gasteiger partial charge on any atom is -0.394 e. The molecule has 2 aromatic heterocycles. The molecule has 0 saturated carbocycles. The first kappa shape index (κ1) is 13.9. The first-order valence-electron chi connectivity index (χ1n) is 6.64. The highest BCUT2D eigenvalue weighted by Gasteiger charge is 2.12. The van der Waals surface area contributed by atoms with Crippen LogP contribution in [0.4, 0.5) is 11.5 Å². The lowest BCUT2D eigenvalue weighted by Crippen LogP contribution is -2.06. The molecule has 0 aliphatic heterocycles. The summed E-state index contributed by atoms with van der Waals surface area (Å²) in [5.41, 5.74) is 7.86. The van der Waals surface area contributed by atoms with E-state index in [0.717, 1.165) is 41.5 Å². The van der Waals surface area contributed by atoms with Crippen molar-refractivity contribution in [2.24, 2.45) is 7.05 Å². The molecule has 0 spiro atoms. The molecule has 0 unspecified atom stereocenters. The number of aryl methyl sites for hydroxylation is 3. The predicted octanol–water partition coefficient (Wildman–Crippen LogP) is 2.59. The summed E-state index contributed by atoms with van der Waals surface area (Å²) in [6.07, 6.45) is 4.94. The van der Waals surface area contributed by atoms with Gasteiger partial charge in [-0.25, -0.2) is 4.98 Å². The lowest BCUT2D eigenvalue weighted by molar-refractivity contribution is 0.735. The number of hydrogen-bond donors (Lipinski definition) is 2. The second kappa shape index (κ2) is 6.06. The molecule has 2 heterocycles. The minimum atomic E-state index is 0.694. The van der Waals surface area contributed by atoms with Gasteiger partial charge in [0.05, 0.1) is 17.9 Å². The molecule has 19 heavy (non-hydrogen) atoms. The second-order valence-corrected chi connectivity index (χ2v) is 5.71. The molecule has 0 amide bonds. The van der Waals surface area contributed by atoms with E-state index in [4.69, 9.17) is 5.73 Å². The lowest BCUT2D eigenvalue weighted by Gasteiger charge is -2.05. The van der Waals surface area contributed by atoms with Gasteiger partial charge in [-0.15, -0.1) is 11.3 Å². The number of anilines is 2. The smallest absolute Gasteiger partial charge is 0.148 e. The van der Waals surface area contributed by atoms with Gasteiger partial charge < -0.3 is 11.1 Å². The summed E-state index contributed by atoms with van der Waals surface area (Å²) < 4.78 is 1.81. The van der Waals surface area contributed by atoms with Crippen molar-refractivity contribution in [3.63, 3.8) is 0 Å². The van der Waals surface area contributed by atoms with Crippen molar-refractivity contribution in [2.45, 2.75) is 39.7 Å². The molecular weight excluding hydrogens is 258 g/mol. The van der Waals surface area contributed by atoms with Crippen molar-refractivity contribution < 1.29 is 0 Å². The minimum absolute atomic E-state index is 0.694. The third-order valence-electron chi connectivity index (χ3n) is 3.00. The van der Waals surface area contributed by atoms with E-state index in [1.165, 1.54) is 4.88 Å². The van der Waals surface area contributed by atoms with Gasteiger partial charge in [0, 0.05) is 18.1 Å². The average molecular weight is 279 g/mol. The van der Waals surface area contributed by atoms with Gasteiger partial charge >= 0.3 is 0 Å². The van der Waals surface area contributed by atoms with Crippen molar-refractivity contribution >= 4 is 22.8 Å². The largest absolute Gasteiger partial charge is 0.394 e. The summed E-state index contributed by atoms with van der Waals surface area (Å²) in [7, 11) is 1.91. The highest BCUT2D eigenvalue weighted by molar-refractivity contribution is 7.11. The zero-order chi connectivity index (χ0) is 13.8. The third-order valence-corrected chi connectivity index (χ3v) is 4.15. The molecule has 3 N–H and O–H groups in total. The normalized spacial score (nSPS) is 10.9. The van der Waals surface area contributed by atoms with Crippen LogP contribution in [0.15, 0.2) is 6.20 Å². The highest BCUT2D eigenvalue weighted by atomic mass is 32.1. The van der Waals surface area contributed by atoms with Crippen LogP contribution in [-0.2, 0) is 26.4 Å². The van der Waals surface area contributed by atoms with Crippen LogP contribution in [0, 0.1) is 0 Å². The Kier molecular flexibility index (Phi) is 4.42. The Morgan fingerprint density at radius 3 is 2.84 bits per heavy atom. The van der Waals surface area contributed by atoms with Crippen molar-refractivity contribution in [1.29, 1.82) is 0 Å². The molecule has 0 aliphatic rings. The van der Waals surface area contributed by atoms with Gasteiger partial charge in [0.25, 0.3) is 0 Å². The third kappa shape index (κ3) is 3.07.